The molecule has 0 atom stereocenters. The van der Waals surface area contributed by atoms with Crippen molar-refractivity contribution in [2.45, 2.75) is 35.6 Å². The van der Waals surface area contributed by atoms with E-state index >= 15 is 0 Å². The average Bonchev–Trinajstić information content (AvgIpc) is 2.53. The molecule has 0 saturated carbocycles. The Labute approximate surface area is 160 Å². The van der Waals surface area contributed by atoms with Crippen LogP contribution in [0.2, 0.25) is 0 Å². The van der Waals surface area contributed by atoms with E-state index in [-0.39, 0.29) is 6.42 Å². The van der Waals surface area contributed by atoms with Crippen LogP contribution in [-0.2, 0) is 11.2 Å². The molecule has 0 aliphatic heterocycles. The molecule has 0 radical (unpaired) electrons. The largest absolute Gasteiger partial charge is 0.478 e. The molecule has 160 valence electrons. The Kier molecular flexibility index (Phi) is 7.25. The Hall–Kier alpha value is -1.31. The van der Waals surface area contributed by atoms with Gasteiger partial charge in [0.2, 0.25) is 4.38 Å². The minimum absolute atomic E-state index is 0.0335. The quantitative estimate of drug-likeness (QED) is 0.344. The van der Waals surface area contributed by atoms with Crippen LogP contribution in [0.1, 0.15) is 5.56 Å². The fourth-order valence-corrected chi connectivity index (χ4v) is 2.66. The number of hydrogen-bond donors (Lipinski definition) is 0. The van der Waals surface area contributed by atoms with Crippen LogP contribution in [0.5, 0.6) is 0 Å². The van der Waals surface area contributed by atoms with Gasteiger partial charge in [-0.1, -0.05) is 30.3 Å². The van der Waals surface area contributed by atoms with Crippen LogP contribution in [0.3, 0.4) is 0 Å². The molecule has 1 nitrogen and oxygen atoms in total. The maximum atomic E-state index is 13.5. The fraction of sp³-hybridized carbons (Fsp3) is 0.500. The topological polar surface area (TPSA) is 9.23 Å². The molecule has 0 heterocycles. The van der Waals surface area contributed by atoms with E-state index in [1.807, 2.05) is 0 Å². The highest BCUT2D eigenvalue weighted by molar-refractivity contribution is 8.23. The van der Waals surface area contributed by atoms with Gasteiger partial charge in [-0.25, -0.2) is 0 Å². The zero-order valence-corrected chi connectivity index (χ0v) is 14.8. The van der Waals surface area contributed by atoms with Gasteiger partial charge < -0.3 is 4.74 Å². The smallest absolute Gasteiger partial charge is 0.460 e. The van der Waals surface area contributed by atoms with E-state index in [0.29, 0.717) is 5.56 Å². The lowest BCUT2D eigenvalue weighted by Gasteiger charge is -2.36. The summed E-state index contributed by atoms with van der Waals surface area (Å²) in [5, 5.41) is -6.13. The summed E-state index contributed by atoms with van der Waals surface area (Å²) in [6, 6.07) is 7.98. The first-order chi connectivity index (χ1) is 12.5. The molecule has 1 aromatic rings. The van der Waals surface area contributed by atoms with Crippen LogP contribution >= 0.6 is 24.0 Å². The van der Waals surface area contributed by atoms with Crippen LogP contribution in [0.15, 0.2) is 30.3 Å². The number of hydrogen-bond acceptors (Lipinski definition) is 3. The van der Waals surface area contributed by atoms with Crippen molar-refractivity contribution in [2.75, 3.05) is 6.61 Å². The minimum atomic E-state index is -7.46. The maximum Gasteiger partial charge on any atom is 0.460 e. The van der Waals surface area contributed by atoms with E-state index in [2.05, 4.69) is 17.0 Å². The van der Waals surface area contributed by atoms with Gasteiger partial charge >= 0.3 is 29.2 Å². The average molecular weight is 466 g/mol. The van der Waals surface area contributed by atoms with Gasteiger partial charge in [0.25, 0.3) is 0 Å². The number of halogens is 11. The first-order valence-corrected chi connectivity index (χ1v) is 8.17. The molecule has 0 bridgehead atoms. The maximum absolute atomic E-state index is 13.5. The Balaban J connectivity index is 2.86. The summed E-state index contributed by atoms with van der Waals surface area (Å²) in [5.74, 6) is -22.0. The monoisotopic (exact) mass is 466 g/mol. The van der Waals surface area contributed by atoms with E-state index in [0.717, 1.165) is 0 Å². The molecule has 1 rings (SSSR count). The second-order valence-corrected chi connectivity index (χ2v) is 6.89. The van der Waals surface area contributed by atoms with Gasteiger partial charge in [0, 0.05) is 18.2 Å². The van der Waals surface area contributed by atoms with Crippen molar-refractivity contribution in [2.24, 2.45) is 0 Å². The molecule has 0 saturated heterocycles. The minimum Gasteiger partial charge on any atom is -0.478 e. The van der Waals surface area contributed by atoms with E-state index < -0.39 is 51.9 Å². The summed E-state index contributed by atoms with van der Waals surface area (Å²) in [7, 11) is 0. The van der Waals surface area contributed by atoms with Gasteiger partial charge in [-0.3, -0.25) is 0 Å². The van der Waals surface area contributed by atoms with Crippen LogP contribution in [0, 0.1) is 0 Å². The Bertz CT molecular complexity index is 674. The van der Waals surface area contributed by atoms with Crippen molar-refractivity contribution >= 4 is 28.4 Å². The fourth-order valence-electron chi connectivity index (χ4n) is 1.65. The predicted octanol–water partition coefficient (Wildman–Crippen LogP) is 6.32. The lowest BCUT2D eigenvalue weighted by molar-refractivity contribution is -0.412. The molecule has 28 heavy (non-hydrogen) atoms. The Morgan fingerprint density at radius 2 is 1.29 bits per heavy atom. The zero-order valence-electron chi connectivity index (χ0n) is 13.2. The van der Waals surface area contributed by atoms with Crippen LogP contribution in [-0.4, -0.2) is 40.2 Å². The Morgan fingerprint density at radius 1 is 0.786 bits per heavy atom. The molecule has 0 aromatic heterocycles. The molecule has 0 spiro atoms. The molecule has 1 aromatic carbocycles. The lowest BCUT2D eigenvalue weighted by Crippen LogP contribution is -2.65. The van der Waals surface area contributed by atoms with Gasteiger partial charge in [0.15, 0.2) is 0 Å². The van der Waals surface area contributed by atoms with Crippen LogP contribution in [0.25, 0.3) is 0 Å². The highest BCUT2D eigenvalue weighted by Gasteiger charge is 2.87. The second-order valence-electron chi connectivity index (χ2n) is 5.17. The van der Waals surface area contributed by atoms with Gasteiger partial charge in [-0.15, -0.1) is 0 Å². The summed E-state index contributed by atoms with van der Waals surface area (Å²) < 4.78 is 144. The lowest BCUT2D eigenvalue weighted by atomic mass is 10.0. The van der Waals surface area contributed by atoms with Gasteiger partial charge in [-0.05, 0) is 17.8 Å². The number of ether oxygens (including phenoxy) is 1. The van der Waals surface area contributed by atoms with Crippen molar-refractivity contribution in [1.82, 2.24) is 0 Å². The van der Waals surface area contributed by atoms with Gasteiger partial charge in [0.05, 0.1) is 6.61 Å². The standard InChI is InChI=1S/C14H9F11OS2/c15-10(16,11(17,18)13(21,22)23)12(19,20)14(24,25)28-9(27)26-7-6-8-4-2-1-3-5-8/h1-5H,6-7H2. The molecule has 0 unspecified atom stereocenters. The van der Waals surface area contributed by atoms with Crippen molar-refractivity contribution in [1.29, 1.82) is 0 Å². The first-order valence-electron chi connectivity index (χ1n) is 6.95. The molecular formula is C14H9F11OS2. The number of thioether (sulfide) groups is 1. The number of thiocarbonyl (C=S) groups is 1. The van der Waals surface area contributed by atoms with Gasteiger partial charge in [-0.2, -0.15) is 48.3 Å². The summed E-state index contributed by atoms with van der Waals surface area (Å²) in [5.41, 5.74) is 0.601. The second kappa shape index (κ2) is 8.20. The number of benzene rings is 1. The molecule has 0 N–H and O–H groups in total. The third kappa shape index (κ3) is 4.81. The summed E-state index contributed by atoms with van der Waals surface area (Å²) in [6.45, 7) is -0.466. The summed E-state index contributed by atoms with van der Waals surface area (Å²) >= 11 is 2.59. The Morgan fingerprint density at radius 3 is 1.75 bits per heavy atom. The molecule has 0 fully saturated rings. The highest BCUT2D eigenvalue weighted by Crippen LogP contribution is 2.59. The first kappa shape index (κ1) is 24.7. The van der Waals surface area contributed by atoms with Crippen molar-refractivity contribution in [3.63, 3.8) is 0 Å². The van der Waals surface area contributed by atoms with E-state index in [9.17, 15) is 48.3 Å². The van der Waals surface area contributed by atoms with Crippen LogP contribution in [0.4, 0.5) is 48.3 Å². The van der Waals surface area contributed by atoms with Crippen molar-refractivity contribution in [3.8, 4) is 0 Å². The number of rotatable bonds is 7. The molecule has 14 heteroatoms. The molecule has 0 aliphatic rings. The van der Waals surface area contributed by atoms with Gasteiger partial charge in [0.1, 0.15) is 0 Å². The van der Waals surface area contributed by atoms with E-state index in [4.69, 9.17) is 0 Å². The molecule has 0 aliphatic carbocycles. The molecular weight excluding hydrogens is 457 g/mol. The highest BCUT2D eigenvalue weighted by atomic mass is 32.2. The molecule has 0 amide bonds. The van der Waals surface area contributed by atoms with Crippen LogP contribution < -0.4 is 0 Å². The predicted molar refractivity (Wildman–Crippen MR) is 82.1 cm³/mol. The zero-order chi connectivity index (χ0) is 22.0. The van der Waals surface area contributed by atoms with E-state index in [1.54, 1.807) is 30.3 Å². The van der Waals surface area contributed by atoms with Crippen molar-refractivity contribution in [3.05, 3.63) is 35.9 Å². The third-order valence-electron chi connectivity index (χ3n) is 3.18. The number of alkyl halides is 11. The summed E-state index contributed by atoms with van der Waals surface area (Å²) in [6.07, 6.45) is -7.17. The summed E-state index contributed by atoms with van der Waals surface area (Å²) in [4.78, 5) is 0. The van der Waals surface area contributed by atoms with Crippen molar-refractivity contribution < 1.29 is 53.0 Å². The van der Waals surface area contributed by atoms with E-state index in [1.165, 1.54) is 0 Å². The normalized spacial score (nSPS) is 14.1. The SMILES string of the molecule is FC(F)(F)C(F)(F)C(F)(F)C(F)(F)C(F)(F)SC(=S)OCCc1ccccc1. The third-order valence-corrected chi connectivity index (χ3v) is 4.34.